The average Bonchev–Trinajstić information content (AvgIpc) is 3.24. The summed E-state index contributed by atoms with van der Waals surface area (Å²) in [5, 5.41) is 4.35. The van der Waals surface area contributed by atoms with Gasteiger partial charge >= 0.3 is 0 Å². The topological polar surface area (TPSA) is 54.7 Å². The summed E-state index contributed by atoms with van der Waals surface area (Å²) in [6.07, 6.45) is 3.52. The van der Waals surface area contributed by atoms with Crippen molar-refractivity contribution >= 4 is 0 Å². The number of hydrogen-bond acceptors (Lipinski definition) is 5. The largest absolute Gasteiger partial charge is 0.493 e. The minimum absolute atomic E-state index is 0.197. The third-order valence-electron chi connectivity index (χ3n) is 3.83. The summed E-state index contributed by atoms with van der Waals surface area (Å²) < 4.78 is 24.0. The molecule has 1 aromatic heterocycles. The van der Waals surface area contributed by atoms with Crippen LogP contribution >= 0.6 is 0 Å². The molecule has 0 saturated carbocycles. The first-order valence-electron chi connectivity index (χ1n) is 7.79. The Balaban J connectivity index is 1.86. The van der Waals surface area contributed by atoms with E-state index in [0.717, 1.165) is 30.7 Å². The highest BCUT2D eigenvalue weighted by Gasteiger charge is 2.19. The van der Waals surface area contributed by atoms with E-state index < -0.39 is 0 Å². The number of benzene rings is 1. The number of aromatic nitrogens is 2. The van der Waals surface area contributed by atoms with Crippen molar-refractivity contribution in [2.45, 2.75) is 25.7 Å². The van der Waals surface area contributed by atoms with Crippen molar-refractivity contribution in [1.29, 1.82) is 0 Å². The third-order valence-corrected chi connectivity index (χ3v) is 3.83. The Morgan fingerprint density at radius 3 is 2.91 bits per heavy atom. The first-order valence-corrected chi connectivity index (χ1v) is 7.79. The SMILES string of the molecule is COCCn1nccc1-c1ccc(OC)c(OC2CCCO2)c1. The molecular weight excluding hydrogens is 296 g/mol. The molecule has 0 bridgehead atoms. The minimum Gasteiger partial charge on any atom is -0.493 e. The molecule has 1 aromatic carbocycles. The van der Waals surface area contributed by atoms with E-state index in [1.165, 1.54) is 0 Å². The maximum atomic E-state index is 5.96. The van der Waals surface area contributed by atoms with Crippen molar-refractivity contribution in [3.8, 4) is 22.8 Å². The Labute approximate surface area is 135 Å². The fourth-order valence-electron chi connectivity index (χ4n) is 2.64. The molecule has 0 amide bonds. The zero-order chi connectivity index (χ0) is 16.1. The molecule has 2 heterocycles. The first kappa shape index (κ1) is 15.8. The Kier molecular flexibility index (Phi) is 5.15. The van der Waals surface area contributed by atoms with E-state index >= 15 is 0 Å². The van der Waals surface area contributed by atoms with Gasteiger partial charge in [0.05, 0.1) is 32.6 Å². The van der Waals surface area contributed by atoms with Gasteiger partial charge < -0.3 is 18.9 Å². The molecular formula is C17H22N2O4. The van der Waals surface area contributed by atoms with Gasteiger partial charge in [0.15, 0.2) is 17.8 Å². The van der Waals surface area contributed by atoms with Crippen molar-refractivity contribution in [3.63, 3.8) is 0 Å². The summed E-state index contributed by atoms with van der Waals surface area (Å²) >= 11 is 0. The van der Waals surface area contributed by atoms with Gasteiger partial charge in [-0.25, -0.2) is 0 Å². The molecule has 1 fully saturated rings. The highest BCUT2D eigenvalue weighted by Crippen LogP contribution is 2.34. The highest BCUT2D eigenvalue weighted by molar-refractivity contribution is 5.64. The Morgan fingerprint density at radius 2 is 2.17 bits per heavy atom. The number of ether oxygens (including phenoxy) is 4. The second kappa shape index (κ2) is 7.48. The lowest BCUT2D eigenvalue weighted by Gasteiger charge is -2.16. The van der Waals surface area contributed by atoms with Crippen molar-refractivity contribution in [1.82, 2.24) is 9.78 Å². The predicted octanol–water partition coefficient (Wildman–Crippen LogP) is 2.72. The van der Waals surface area contributed by atoms with Gasteiger partial charge in [0, 0.05) is 25.3 Å². The third kappa shape index (κ3) is 3.65. The van der Waals surface area contributed by atoms with Gasteiger partial charge in [0.2, 0.25) is 0 Å². The van der Waals surface area contributed by atoms with Gasteiger partial charge in [-0.15, -0.1) is 0 Å². The summed E-state index contributed by atoms with van der Waals surface area (Å²) in [6, 6.07) is 7.86. The van der Waals surface area contributed by atoms with Crippen molar-refractivity contribution in [2.75, 3.05) is 27.4 Å². The van der Waals surface area contributed by atoms with Crippen LogP contribution < -0.4 is 9.47 Å². The van der Waals surface area contributed by atoms with Gasteiger partial charge in [0.1, 0.15) is 0 Å². The molecule has 3 rings (SSSR count). The van der Waals surface area contributed by atoms with Gasteiger partial charge in [-0.3, -0.25) is 4.68 Å². The van der Waals surface area contributed by atoms with E-state index in [9.17, 15) is 0 Å². The van der Waals surface area contributed by atoms with Crippen LogP contribution in [0.5, 0.6) is 11.5 Å². The van der Waals surface area contributed by atoms with Gasteiger partial charge in [-0.05, 0) is 30.7 Å². The second-order valence-corrected chi connectivity index (χ2v) is 5.36. The molecule has 1 aliphatic rings. The van der Waals surface area contributed by atoms with Crippen LogP contribution in [-0.2, 0) is 16.0 Å². The van der Waals surface area contributed by atoms with Crippen molar-refractivity contribution in [2.24, 2.45) is 0 Å². The molecule has 6 nitrogen and oxygen atoms in total. The van der Waals surface area contributed by atoms with E-state index in [1.807, 2.05) is 28.9 Å². The van der Waals surface area contributed by atoms with Gasteiger partial charge in [-0.1, -0.05) is 0 Å². The van der Waals surface area contributed by atoms with Crippen molar-refractivity contribution < 1.29 is 18.9 Å². The lowest BCUT2D eigenvalue weighted by molar-refractivity contribution is -0.0402. The highest BCUT2D eigenvalue weighted by atomic mass is 16.7. The molecule has 23 heavy (non-hydrogen) atoms. The predicted molar refractivity (Wildman–Crippen MR) is 85.7 cm³/mol. The van der Waals surface area contributed by atoms with Crippen LogP contribution in [0.3, 0.4) is 0 Å². The Morgan fingerprint density at radius 1 is 1.26 bits per heavy atom. The number of hydrogen-bond donors (Lipinski definition) is 0. The van der Waals surface area contributed by atoms with E-state index in [0.29, 0.717) is 24.7 Å². The minimum atomic E-state index is -0.197. The fraction of sp³-hybridized carbons (Fsp3) is 0.471. The molecule has 0 N–H and O–H groups in total. The Hall–Kier alpha value is -2.05. The molecule has 1 saturated heterocycles. The summed E-state index contributed by atoms with van der Waals surface area (Å²) in [5.74, 6) is 1.39. The van der Waals surface area contributed by atoms with E-state index in [-0.39, 0.29) is 6.29 Å². The normalized spacial score (nSPS) is 17.4. The summed E-state index contributed by atoms with van der Waals surface area (Å²) in [7, 11) is 3.32. The smallest absolute Gasteiger partial charge is 0.200 e. The zero-order valence-electron chi connectivity index (χ0n) is 13.5. The van der Waals surface area contributed by atoms with Crippen LogP contribution in [0.4, 0.5) is 0 Å². The standard InChI is InChI=1S/C17H22N2O4/c1-20-11-9-19-14(7-8-18-19)13-5-6-15(21-2)16(12-13)23-17-4-3-10-22-17/h5-8,12,17H,3-4,9-11H2,1-2H3. The van der Waals surface area contributed by atoms with Gasteiger partial charge in [-0.2, -0.15) is 5.10 Å². The molecule has 1 aliphatic heterocycles. The molecule has 0 aliphatic carbocycles. The molecule has 1 atom stereocenters. The molecule has 0 radical (unpaired) electrons. The monoisotopic (exact) mass is 318 g/mol. The first-order chi connectivity index (χ1) is 11.3. The van der Waals surface area contributed by atoms with Gasteiger partial charge in [0.25, 0.3) is 0 Å². The average molecular weight is 318 g/mol. The molecule has 0 spiro atoms. The van der Waals surface area contributed by atoms with Crippen LogP contribution in [0.15, 0.2) is 30.5 Å². The Bertz CT molecular complexity index is 635. The summed E-state index contributed by atoms with van der Waals surface area (Å²) in [6.45, 7) is 2.06. The molecule has 6 heteroatoms. The fourth-order valence-corrected chi connectivity index (χ4v) is 2.64. The number of nitrogens with zero attached hydrogens (tertiary/aromatic N) is 2. The van der Waals surface area contributed by atoms with E-state index in [2.05, 4.69) is 5.10 Å². The number of methoxy groups -OCH3 is 2. The van der Waals surface area contributed by atoms with Crippen molar-refractivity contribution in [3.05, 3.63) is 30.5 Å². The van der Waals surface area contributed by atoms with E-state index in [4.69, 9.17) is 18.9 Å². The lowest BCUT2D eigenvalue weighted by atomic mass is 10.1. The van der Waals surface area contributed by atoms with Crippen LogP contribution in [-0.4, -0.2) is 43.5 Å². The quantitative estimate of drug-likeness (QED) is 0.785. The zero-order valence-corrected chi connectivity index (χ0v) is 13.5. The van der Waals surface area contributed by atoms with E-state index in [1.54, 1.807) is 20.4 Å². The summed E-state index contributed by atoms with van der Waals surface area (Å²) in [4.78, 5) is 0. The molecule has 1 unspecified atom stereocenters. The van der Waals surface area contributed by atoms with Crippen LogP contribution in [0.2, 0.25) is 0 Å². The summed E-state index contributed by atoms with van der Waals surface area (Å²) in [5.41, 5.74) is 2.04. The molecule has 124 valence electrons. The molecule has 2 aromatic rings. The maximum absolute atomic E-state index is 5.96. The second-order valence-electron chi connectivity index (χ2n) is 5.36. The van der Waals surface area contributed by atoms with Crippen LogP contribution in [0, 0.1) is 0 Å². The van der Waals surface area contributed by atoms with Crippen LogP contribution in [0.1, 0.15) is 12.8 Å². The number of rotatable bonds is 7. The maximum Gasteiger partial charge on any atom is 0.200 e. The van der Waals surface area contributed by atoms with Crippen LogP contribution in [0.25, 0.3) is 11.3 Å². The lowest BCUT2D eigenvalue weighted by Crippen LogP contribution is -2.14.